The van der Waals surface area contributed by atoms with E-state index in [1.165, 1.54) is 11.3 Å². The summed E-state index contributed by atoms with van der Waals surface area (Å²) in [6.45, 7) is 10.3. The fourth-order valence-electron chi connectivity index (χ4n) is 4.75. The molecule has 1 amide bonds. The highest BCUT2D eigenvalue weighted by Gasteiger charge is 2.28. The number of rotatable bonds is 7. The zero-order chi connectivity index (χ0) is 27.0. The highest BCUT2D eigenvalue weighted by Crippen LogP contribution is 2.33. The molecule has 1 saturated heterocycles. The van der Waals surface area contributed by atoms with Crippen LogP contribution >= 0.6 is 11.3 Å². The van der Waals surface area contributed by atoms with Gasteiger partial charge in [0.15, 0.2) is 0 Å². The van der Waals surface area contributed by atoms with Crippen molar-refractivity contribution >= 4 is 33.8 Å². The van der Waals surface area contributed by atoms with Crippen LogP contribution in [0.4, 0.5) is 10.1 Å². The number of nitrogens with zero attached hydrogens (tertiary/aromatic N) is 5. The topological polar surface area (TPSA) is 101 Å². The molecule has 1 aliphatic heterocycles. The molecular formula is C27H34FN7O2S. The minimum absolute atomic E-state index is 0.113. The largest absolute Gasteiger partial charge is 0.379 e. The standard InChI is InChI=1S/C27H34FN7O2S/c1-6-35-20-9-7-8-18(31-19-10-11-34(5)15-17(19)28)16(20)12-21(35)24-32-23(37-33-24)14-29-25(36)22-13-30-26(38-22)27(2,3)4/h7-9,12-13,17,19,31H,6,10-11,14-15H2,1-5H3,(H,29,36)/t17-,19+/m0/s1. The summed E-state index contributed by atoms with van der Waals surface area (Å²) in [5.74, 6) is 0.525. The maximum Gasteiger partial charge on any atom is 0.263 e. The number of hydrogen-bond donors (Lipinski definition) is 2. The predicted molar refractivity (Wildman–Crippen MR) is 147 cm³/mol. The number of aromatic nitrogens is 4. The van der Waals surface area contributed by atoms with Crippen LogP contribution in [0, 0.1) is 0 Å². The third-order valence-electron chi connectivity index (χ3n) is 6.82. The van der Waals surface area contributed by atoms with Crippen LogP contribution in [0.5, 0.6) is 0 Å². The second-order valence-corrected chi connectivity index (χ2v) is 11.8. The monoisotopic (exact) mass is 539 g/mol. The number of carbonyl (C=O) groups excluding carboxylic acids is 1. The summed E-state index contributed by atoms with van der Waals surface area (Å²) in [6, 6.07) is 7.78. The Morgan fingerprint density at radius 3 is 2.84 bits per heavy atom. The Balaban J connectivity index is 1.33. The average molecular weight is 540 g/mol. The molecule has 38 heavy (non-hydrogen) atoms. The molecule has 11 heteroatoms. The van der Waals surface area contributed by atoms with E-state index in [-0.39, 0.29) is 23.9 Å². The van der Waals surface area contributed by atoms with E-state index in [1.54, 1.807) is 6.20 Å². The van der Waals surface area contributed by atoms with Gasteiger partial charge in [-0.2, -0.15) is 4.98 Å². The van der Waals surface area contributed by atoms with Crippen LogP contribution < -0.4 is 10.6 Å². The summed E-state index contributed by atoms with van der Waals surface area (Å²) in [7, 11) is 1.95. The Morgan fingerprint density at radius 1 is 1.32 bits per heavy atom. The fourth-order valence-corrected chi connectivity index (χ4v) is 5.64. The van der Waals surface area contributed by atoms with Gasteiger partial charge in [-0.3, -0.25) is 4.79 Å². The molecule has 2 atom stereocenters. The number of anilines is 1. The van der Waals surface area contributed by atoms with E-state index in [0.29, 0.717) is 29.7 Å². The first-order valence-electron chi connectivity index (χ1n) is 12.9. The lowest BCUT2D eigenvalue weighted by Crippen LogP contribution is -2.46. The number of nitrogens with one attached hydrogen (secondary N) is 2. The van der Waals surface area contributed by atoms with Gasteiger partial charge in [-0.05, 0) is 38.6 Å². The minimum Gasteiger partial charge on any atom is -0.379 e. The lowest BCUT2D eigenvalue weighted by Gasteiger charge is -2.33. The van der Waals surface area contributed by atoms with Crippen molar-refractivity contribution in [3.8, 4) is 11.5 Å². The molecule has 5 rings (SSSR count). The van der Waals surface area contributed by atoms with Crippen LogP contribution in [-0.4, -0.2) is 62.8 Å². The van der Waals surface area contributed by atoms with E-state index in [9.17, 15) is 9.18 Å². The SMILES string of the molecule is CCn1c(-c2noc(CNC(=O)c3cnc(C(C)(C)C)s3)n2)cc2c(N[C@@H]3CCN(C)C[C@@H]3F)cccc21. The molecule has 0 aliphatic carbocycles. The summed E-state index contributed by atoms with van der Waals surface area (Å²) < 4.78 is 22.3. The van der Waals surface area contributed by atoms with Gasteiger partial charge in [0.25, 0.3) is 5.91 Å². The van der Waals surface area contributed by atoms with Gasteiger partial charge in [0.1, 0.15) is 11.0 Å². The number of piperidine rings is 1. The van der Waals surface area contributed by atoms with Crippen LogP contribution in [0.15, 0.2) is 35.0 Å². The Morgan fingerprint density at radius 2 is 2.13 bits per heavy atom. The molecule has 1 aliphatic rings. The molecule has 3 aromatic heterocycles. The highest BCUT2D eigenvalue weighted by molar-refractivity contribution is 7.13. The van der Waals surface area contributed by atoms with E-state index in [1.807, 2.05) is 36.2 Å². The first kappa shape index (κ1) is 26.3. The molecule has 1 aromatic carbocycles. The molecule has 0 saturated carbocycles. The average Bonchev–Trinajstić information content (AvgIpc) is 3.62. The normalized spacial score (nSPS) is 18.7. The number of aryl methyl sites for hydroxylation is 1. The van der Waals surface area contributed by atoms with Gasteiger partial charge >= 0.3 is 0 Å². The van der Waals surface area contributed by atoms with Crippen molar-refractivity contribution < 1.29 is 13.7 Å². The third-order valence-corrected chi connectivity index (χ3v) is 8.24. The molecule has 4 heterocycles. The van der Waals surface area contributed by atoms with Gasteiger partial charge in [-0.25, -0.2) is 9.37 Å². The van der Waals surface area contributed by atoms with Gasteiger partial charge < -0.3 is 24.6 Å². The Bertz CT molecular complexity index is 1440. The van der Waals surface area contributed by atoms with Crippen LogP contribution in [0.25, 0.3) is 22.4 Å². The number of thiazole rings is 1. The van der Waals surface area contributed by atoms with Gasteiger partial charge in [-0.1, -0.05) is 32.0 Å². The number of fused-ring (bicyclic) bond motifs is 1. The van der Waals surface area contributed by atoms with Crippen LogP contribution in [0.2, 0.25) is 0 Å². The second-order valence-electron chi connectivity index (χ2n) is 10.8. The van der Waals surface area contributed by atoms with Crippen molar-refractivity contribution in [2.24, 2.45) is 0 Å². The fraction of sp³-hybridized carbons (Fsp3) is 0.481. The number of hydrogen-bond acceptors (Lipinski definition) is 8. The second kappa shape index (κ2) is 10.5. The molecule has 9 nitrogen and oxygen atoms in total. The number of amides is 1. The lowest BCUT2D eigenvalue weighted by atomic mass is 9.98. The molecule has 1 fully saturated rings. The smallest absolute Gasteiger partial charge is 0.263 e. The van der Waals surface area contributed by atoms with Crippen molar-refractivity contribution in [2.45, 2.75) is 64.8 Å². The zero-order valence-electron chi connectivity index (χ0n) is 22.4. The van der Waals surface area contributed by atoms with Gasteiger partial charge in [-0.15, -0.1) is 11.3 Å². The Labute approximate surface area is 225 Å². The summed E-state index contributed by atoms with van der Waals surface area (Å²) in [5.41, 5.74) is 2.59. The zero-order valence-corrected chi connectivity index (χ0v) is 23.2. The van der Waals surface area contributed by atoms with Gasteiger partial charge in [0.05, 0.1) is 35.0 Å². The van der Waals surface area contributed by atoms with E-state index < -0.39 is 6.17 Å². The van der Waals surface area contributed by atoms with Crippen LogP contribution in [-0.2, 0) is 18.5 Å². The first-order valence-corrected chi connectivity index (χ1v) is 13.7. The minimum atomic E-state index is -0.934. The molecule has 202 valence electrons. The van der Waals surface area contributed by atoms with Crippen molar-refractivity contribution in [1.82, 2.24) is 29.9 Å². The quantitative estimate of drug-likeness (QED) is 0.346. The molecule has 0 spiro atoms. The summed E-state index contributed by atoms with van der Waals surface area (Å²) in [5, 5.41) is 12.4. The van der Waals surface area contributed by atoms with E-state index in [4.69, 9.17) is 4.52 Å². The number of carbonyl (C=O) groups is 1. The van der Waals surface area contributed by atoms with E-state index in [0.717, 1.165) is 40.3 Å². The predicted octanol–water partition coefficient (Wildman–Crippen LogP) is 4.85. The highest BCUT2D eigenvalue weighted by atomic mass is 32.1. The van der Waals surface area contributed by atoms with Crippen LogP contribution in [0.3, 0.4) is 0 Å². The Hall–Kier alpha value is -3.31. The van der Waals surface area contributed by atoms with Crippen molar-refractivity contribution in [1.29, 1.82) is 0 Å². The van der Waals surface area contributed by atoms with Crippen molar-refractivity contribution in [2.75, 3.05) is 25.5 Å². The Kier molecular flexibility index (Phi) is 7.23. The maximum atomic E-state index is 14.7. The number of benzene rings is 1. The van der Waals surface area contributed by atoms with E-state index >= 15 is 0 Å². The lowest BCUT2D eigenvalue weighted by molar-refractivity contribution is 0.0950. The van der Waals surface area contributed by atoms with Gasteiger partial charge in [0.2, 0.25) is 11.7 Å². The molecular weight excluding hydrogens is 505 g/mol. The molecule has 2 N–H and O–H groups in total. The summed E-state index contributed by atoms with van der Waals surface area (Å²) >= 11 is 1.38. The van der Waals surface area contributed by atoms with Crippen LogP contribution in [0.1, 0.15) is 54.7 Å². The van der Waals surface area contributed by atoms with E-state index in [2.05, 4.69) is 58.0 Å². The first-order chi connectivity index (χ1) is 18.1. The molecule has 0 radical (unpaired) electrons. The van der Waals surface area contributed by atoms with Gasteiger partial charge in [0, 0.05) is 36.1 Å². The molecule has 0 unspecified atom stereocenters. The van der Waals surface area contributed by atoms with Crippen molar-refractivity contribution in [3.05, 3.63) is 46.2 Å². The summed E-state index contributed by atoms with van der Waals surface area (Å²) in [4.78, 5) is 24.1. The summed E-state index contributed by atoms with van der Waals surface area (Å²) in [6.07, 6.45) is 1.41. The molecule has 4 aromatic rings. The number of halogens is 1. The number of likely N-dealkylation sites (tertiary alicyclic amines) is 1. The number of alkyl halides is 1. The molecule has 0 bridgehead atoms. The third kappa shape index (κ3) is 5.30. The van der Waals surface area contributed by atoms with Crippen molar-refractivity contribution in [3.63, 3.8) is 0 Å². The maximum absolute atomic E-state index is 14.7.